The van der Waals surface area contributed by atoms with Crippen LogP contribution in [0.5, 0.6) is 0 Å². The van der Waals surface area contributed by atoms with Gasteiger partial charge in [0.25, 0.3) is 11.8 Å². The molecule has 0 saturated carbocycles. The molecule has 7 nitrogen and oxygen atoms in total. The highest BCUT2D eigenvalue weighted by atomic mass is 32.1. The highest BCUT2D eigenvalue weighted by Gasteiger charge is 2.18. The Morgan fingerprint density at radius 2 is 1.61 bits per heavy atom. The van der Waals surface area contributed by atoms with Gasteiger partial charge in [-0.25, -0.2) is 0 Å². The fourth-order valence-corrected chi connectivity index (χ4v) is 3.51. The first-order valence-electron chi connectivity index (χ1n) is 8.41. The lowest BCUT2D eigenvalue weighted by atomic mass is 10.1. The number of aryl methyl sites for hydroxylation is 1. The summed E-state index contributed by atoms with van der Waals surface area (Å²) in [5, 5.41) is 5.62. The van der Waals surface area contributed by atoms with E-state index in [4.69, 9.17) is 5.73 Å². The van der Waals surface area contributed by atoms with Gasteiger partial charge in [-0.1, -0.05) is 0 Å². The van der Waals surface area contributed by atoms with Crippen molar-refractivity contribution in [2.45, 2.75) is 27.7 Å². The van der Waals surface area contributed by atoms with Crippen LogP contribution in [0.2, 0.25) is 0 Å². The van der Waals surface area contributed by atoms with Crippen LogP contribution in [-0.4, -0.2) is 23.5 Å². The van der Waals surface area contributed by atoms with Crippen molar-refractivity contribution in [3.05, 3.63) is 57.5 Å². The molecule has 1 aromatic heterocycles. The molecule has 0 unspecified atom stereocenters. The van der Waals surface area contributed by atoms with Crippen LogP contribution in [0.1, 0.15) is 45.0 Å². The molecule has 146 valence electrons. The number of rotatable bonds is 6. The van der Waals surface area contributed by atoms with Gasteiger partial charge in [0, 0.05) is 27.8 Å². The molecule has 0 bridgehead atoms. The van der Waals surface area contributed by atoms with Crippen LogP contribution >= 0.6 is 11.3 Å². The first kappa shape index (κ1) is 21.0. The van der Waals surface area contributed by atoms with E-state index < -0.39 is 17.7 Å². The number of ketones is 1. The van der Waals surface area contributed by atoms with E-state index in [2.05, 4.69) is 10.6 Å². The Hall–Kier alpha value is -3.26. The SMILES string of the molecule is CC(=O)c1ccc(NC(=O)/C(C)=C\C(=O)Nc2sc(C)c(C)c2C(N)=O)cc1. The molecule has 0 aliphatic carbocycles. The van der Waals surface area contributed by atoms with Crippen molar-refractivity contribution < 1.29 is 19.2 Å². The average Bonchev–Trinajstić information content (AvgIpc) is 2.88. The quantitative estimate of drug-likeness (QED) is 0.510. The number of carbonyl (C=O) groups excluding carboxylic acids is 4. The first-order valence-corrected chi connectivity index (χ1v) is 9.23. The smallest absolute Gasteiger partial charge is 0.251 e. The van der Waals surface area contributed by atoms with E-state index in [-0.39, 0.29) is 16.9 Å². The van der Waals surface area contributed by atoms with Crippen LogP contribution < -0.4 is 16.4 Å². The van der Waals surface area contributed by atoms with E-state index in [1.54, 1.807) is 31.2 Å². The van der Waals surface area contributed by atoms with E-state index in [1.807, 2.05) is 6.92 Å². The summed E-state index contributed by atoms with van der Waals surface area (Å²) >= 11 is 1.25. The molecule has 0 aliphatic heterocycles. The van der Waals surface area contributed by atoms with Crippen molar-refractivity contribution in [3.63, 3.8) is 0 Å². The summed E-state index contributed by atoms with van der Waals surface area (Å²) in [6.45, 7) is 6.54. The maximum atomic E-state index is 12.3. The van der Waals surface area contributed by atoms with E-state index >= 15 is 0 Å². The highest BCUT2D eigenvalue weighted by Crippen LogP contribution is 2.32. The molecule has 3 amide bonds. The normalized spacial score (nSPS) is 11.1. The topological polar surface area (TPSA) is 118 Å². The van der Waals surface area contributed by atoms with Gasteiger partial charge in [0.1, 0.15) is 5.00 Å². The summed E-state index contributed by atoms with van der Waals surface area (Å²) < 4.78 is 0. The number of Topliss-reactive ketones (excluding diaryl/α,β-unsaturated/α-hetero) is 1. The van der Waals surface area contributed by atoms with E-state index in [0.29, 0.717) is 16.3 Å². The zero-order chi connectivity index (χ0) is 21.0. The molecule has 2 aromatic rings. The average molecular weight is 399 g/mol. The van der Waals surface area contributed by atoms with Gasteiger partial charge in [-0.3, -0.25) is 19.2 Å². The lowest BCUT2D eigenvalue weighted by Crippen LogP contribution is -2.18. The molecular formula is C20H21N3O4S. The third-order valence-corrected chi connectivity index (χ3v) is 5.25. The molecule has 8 heteroatoms. The van der Waals surface area contributed by atoms with Crippen LogP contribution in [0.15, 0.2) is 35.9 Å². The largest absolute Gasteiger partial charge is 0.365 e. The van der Waals surface area contributed by atoms with Crippen molar-refractivity contribution in [2.24, 2.45) is 5.73 Å². The molecule has 0 aliphatic rings. The molecule has 1 heterocycles. The minimum Gasteiger partial charge on any atom is -0.365 e. The van der Waals surface area contributed by atoms with E-state index in [1.165, 1.54) is 25.2 Å². The standard InChI is InChI=1S/C20H21N3O4S/c1-10(19(27)22-15-7-5-14(6-8-15)12(3)24)9-16(25)23-20-17(18(21)26)11(2)13(4)28-20/h5-9H,1-4H3,(H2,21,26)(H,22,27)(H,23,25)/b10-9-. The Morgan fingerprint density at radius 3 is 2.14 bits per heavy atom. The van der Waals surface area contributed by atoms with Crippen LogP contribution in [0.3, 0.4) is 0 Å². The lowest BCUT2D eigenvalue weighted by Gasteiger charge is -2.07. The number of carbonyl (C=O) groups is 4. The van der Waals surface area contributed by atoms with Crippen molar-refractivity contribution in [1.82, 2.24) is 0 Å². The van der Waals surface area contributed by atoms with Gasteiger partial charge in [0.15, 0.2) is 5.78 Å². The van der Waals surface area contributed by atoms with Crippen molar-refractivity contribution in [3.8, 4) is 0 Å². The highest BCUT2D eigenvalue weighted by molar-refractivity contribution is 7.16. The number of amides is 3. The Bertz CT molecular complexity index is 988. The van der Waals surface area contributed by atoms with Gasteiger partial charge in [-0.05, 0) is 57.5 Å². The number of hydrogen-bond donors (Lipinski definition) is 3. The molecule has 28 heavy (non-hydrogen) atoms. The summed E-state index contributed by atoms with van der Waals surface area (Å²) in [7, 11) is 0. The first-order chi connectivity index (χ1) is 13.1. The predicted octanol–water partition coefficient (Wildman–Crippen LogP) is 3.19. The fraction of sp³-hybridized carbons (Fsp3) is 0.200. The second-order valence-corrected chi connectivity index (χ2v) is 7.48. The second kappa shape index (κ2) is 8.62. The third-order valence-electron chi connectivity index (χ3n) is 4.12. The number of nitrogens with one attached hydrogen (secondary N) is 2. The number of nitrogens with two attached hydrogens (primary N) is 1. The van der Waals surface area contributed by atoms with Gasteiger partial charge in [-0.15, -0.1) is 11.3 Å². The third kappa shape index (κ3) is 4.92. The molecule has 1 aromatic carbocycles. The molecule has 0 spiro atoms. The monoisotopic (exact) mass is 399 g/mol. The molecular weight excluding hydrogens is 378 g/mol. The van der Waals surface area contributed by atoms with Gasteiger partial charge in [0.2, 0.25) is 5.91 Å². The summed E-state index contributed by atoms with van der Waals surface area (Å²) in [6, 6.07) is 6.43. The number of anilines is 2. The van der Waals surface area contributed by atoms with Gasteiger partial charge < -0.3 is 16.4 Å². The fourth-order valence-electron chi connectivity index (χ4n) is 2.44. The van der Waals surface area contributed by atoms with E-state index in [0.717, 1.165) is 16.5 Å². The summed E-state index contributed by atoms with van der Waals surface area (Å²) in [5.41, 5.74) is 7.60. The maximum absolute atomic E-state index is 12.3. The van der Waals surface area contributed by atoms with Crippen molar-refractivity contribution in [1.29, 1.82) is 0 Å². The maximum Gasteiger partial charge on any atom is 0.251 e. The molecule has 0 radical (unpaired) electrons. The Balaban J connectivity index is 2.09. The van der Waals surface area contributed by atoms with Crippen molar-refractivity contribution in [2.75, 3.05) is 10.6 Å². The summed E-state index contributed by atoms with van der Waals surface area (Å²) in [4.78, 5) is 48.3. The zero-order valence-corrected chi connectivity index (χ0v) is 16.8. The van der Waals surface area contributed by atoms with Crippen LogP contribution in [0.4, 0.5) is 10.7 Å². The minimum atomic E-state index is -0.621. The number of primary amides is 1. The molecule has 2 rings (SSSR count). The van der Waals surface area contributed by atoms with Crippen LogP contribution in [-0.2, 0) is 9.59 Å². The lowest BCUT2D eigenvalue weighted by molar-refractivity contribution is -0.114. The molecule has 0 atom stereocenters. The number of thiophene rings is 1. The minimum absolute atomic E-state index is 0.0694. The summed E-state index contributed by atoms with van der Waals surface area (Å²) in [6.07, 6.45) is 1.15. The predicted molar refractivity (Wildman–Crippen MR) is 110 cm³/mol. The molecule has 4 N–H and O–H groups in total. The van der Waals surface area contributed by atoms with Crippen molar-refractivity contribution >= 4 is 45.5 Å². The Morgan fingerprint density at radius 1 is 1.00 bits per heavy atom. The summed E-state index contributed by atoms with van der Waals surface area (Å²) in [5.74, 6) is -1.69. The van der Waals surface area contributed by atoms with Crippen LogP contribution in [0, 0.1) is 13.8 Å². The number of benzene rings is 1. The molecule has 0 saturated heterocycles. The van der Waals surface area contributed by atoms with Gasteiger partial charge >= 0.3 is 0 Å². The van der Waals surface area contributed by atoms with Gasteiger partial charge in [0.05, 0.1) is 5.56 Å². The van der Waals surface area contributed by atoms with E-state index in [9.17, 15) is 19.2 Å². The Kier molecular flexibility index (Phi) is 6.48. The second-order valence-electron chi connectivity index (χ2n) is 6.26. The van der Waals surface area contributed by atoms with Crippen LogP contribution in [0.25, 0.3) is 0 Å². The number of hydrogen-bond acceptors (Lipinski definition) is 5. The molecule has 0 fully saturated rings. The van der Waals surface area contributed by atoms with Gasteiger partial charge in [-0.2, -0.15) is 0 Å². The Labute approximate surface area is 166 Å². The zero-order valence-electron chi connectivity index (χ0n) is 16.0.